The van der Waals surface area contributed by atoms with Crippen LogP contribution < -0.4 is 0 Å². The predicted molar refractivity (Wildman–Crippen MR) is 63.8 cm³/mol. The minimum atomic E-state index is -0.835. The third-order valence-corrected chi connectivity index (χ3v) is 5.27. The smallest absolute Gasteiger partial charge is 0.139 e. The van der Waals surface area contributed by atoms with Crippen molar-refractivity contribution >= 4 is 11.8 Å². The Hall–Kier alpha value is -0.540. The van der Waals surface area contributed by atoms with Crippen LogP contribution in [0.5, 0.6) is 0 Å². The molecule has 2 aliphatic rings. The zero-order valence-electron chi connectivity index (χ0n) is 9.33. The second-order valence-corrected chi connectivity index (χ2v) is 6.14. The standard InChI is InChI=1S/C13H15FOS/c1-9-3-2-4-11-10(9)7-13(16-11)5-6-15-8-12(13)14/h2-4,12H,5-8H2,1H3. The van der Waals surface area contributed by atoms with Crippen molar-refractivity contribution < 1.29 is 9.13 Å². The molecule has 3 heteroatoms. The van der Waals surface area contributed by atoms with E-state index < -0.39 is 6.17 Å². The van der Waals surface area contributed by atoms with E-state index in [0.29, 0.717) is 6.61 Å². The zero-order chi connectivity index (χ0) is 11.2. The Kier molecular flexibility index (Phi) is 2.48. The van der Waals surface area contributed by atoms with E-state index in [1.807, 2.05) is 0 Å². The summed E-state index contributed by atoms with van der Waals surface area (Å²) in [6.07, 6.45) is 0.856. The Morgan fingerprint density at radius 2 is 2.38 bits per heavy atom. The van der Waals surface area contributed by atoms with Gasteiger partial charge < -0.3 is 4.74 Å². The largest absolute Gasteiger partial charge is 0.378 e. The van der Waals surface area contributed by atoms with Crippen molar-refractivity contribution in [3.8, 4) is 0 Å². The number of halogens is 1. The fourth-order valence-electron chi connectivity index (χ4n) is 2.61. The van der Waals surface area contributed by atoms with Crippen molar-refractivity contribution in [3.63, 3.8) is 0 Å². The molecule has 16 heavy (non-hydrogen) atoms. The lowest BCUT2D eigenvalue weighted by molar-refractivity contribution is 0.0133. The number of aryl methyl sites for hydroxylation is 1. The summed E-state index contributed by atoms with van der Waals surface area (Å²) >= 11 is 1.73. The van der Waals surface area contributed by atoms with Gasteiger partial charge in [0.1, 0.15) is 6.17 Å². The highest BCUT2D eigenvalue weighted by molar-refractivity contribution is 8.01. The summed E-state index contributed by atoms with van der Waals surface area (Å²) in [4.78, 5) is 1.27. The van der Waals surface area contributed by atoms with Crippen LogP contribution in [0.25, 0.3) is 0 Å². The van der Waals surface area contributed by atoms with Crippen LogP contribution in [0.15, 0.2) is 23.1 Å². The molecule has 0 aliphatic carbocycles. The molecule has 0 amide bonds. The summed E-state index contributed by atoms with van der Waals surface area (Å²) in [6.45, 7) is 3.07. The first-order chi connectivity index (χ1) is 7.71. The minimum absolute atomic E-state index is 0.243. The van der Waals surface area contributed by atoms with Crippen LogP contribution >= 0.6 is 11.8 Å². The number of thioether (sulfide) groups is 1. The van der Waals surface area contributed by atoms with E-state index in [1.54, 1.807) is 11.8 Å². The molecular weight excluding hydrogens is 223 g/mol. The number of hydrogen-bond donors (Lipinski definition) is 0. The van der Waals surface area contributed by atoms with Gasteiger partial charge in [0.2, 0.25) is 0 Å². The summed E-state index contributed by atoms with van der Waals surface area (Å²) in [5.74, 6) is 0. The lowest BCUT2D eigenvalue weighted by atomic mass is 9.89. The molecule has 2 heterocycles. The van der Waals surface area contributed by atoms with Crippen LogP contribution in [0.2, 0.25) is 0 Å². The fraction of sp³-hybridized carbons (Fsp3) is 0.538. The van der Waals surface area contributed by atoms with Crippen LogP contribution in [-0.4, -0.2) is 24.1 Å². The van der Waals surface area contributed by atoms with E-state index >= 15 is 0 Å². The van der Waals surface area contributed by atoms with E-state index in [-0.39, 0.29) is 11.4 Å². The van der Waals surface area contributed by atoms with Crippen LogP contribution in [0.3, 0.4) is 0 Å². The van der Waals surface area contributed by atoms with Gasteiger partial charge in [0.15, 0.2) is 0 Å². The molecule has 1 nitrogen and oxygen atoms in total. The highest BCUT2D eigenvalue weighted by Gasteiger charge is 2.47. The monoisotopic (exact) mass is 238 g/mol. The third kappa shape index (κ3) is 1.49. The average molecular weight is 238 g/mol. The number of ether oxygens (including phenoxy) is 1. The van der Waals surface area contributed by atoms with Gasteiger partial charge in [-0.25, -0.2) is 4.39 Å². The SMILES string of the molecule is Cc1cccc2c1CC1(CCOCC1F)S2. The van der Waals surface area contributed by atoms with Gasteiger partial charge >= 0.3 is 0 Å². The molecule has 0 saturated carbocycles. The topological polar surface area (TPSA) is 9.23 Å². The molecular formula is C13H15FOS. The molecule has 3 rings (SSSR count). The number of fused-ring (bicyclic) bond motifs is 1. The quantitative estimate of drug-likeness (QED) is 0.686. The van der Waals surface area contributed by atoms with E-state index in [2.05, 4.69) is 25.1 Å². The summed E-state index contributed by atoms with van der Waals surface area (Å²) in [5.41, 5.74) is 2.64. The van der Waals surface area contributed by atoms with Crippen molar-refractivity contribution in [2.75, 3.05) is 13.2 Å². The molecule has 0 radical (unpaired) electrons. The zero-order valence-corrected chi connectivity index (χ0v) is 10.1. The summed E-state index contributed by atoms with van der Waals surface area (Å²) in [7, 11) is 0. The molecule has 2 atom stereocenters. The van der Waals surface area contributed by atoms with Crippen molar-refractivity contribution in [1.29, 1.82) is 0 Å². The van der Waals surface area contributed by atoms with Crippen molar-refractivity contribution in [3.05, 3.63) is 29.3 Å². The minimum Gasteiger partial charge on any atom is -0.378 e. The van der Waals surface area contributed by atoms with Crippen molar-refractivity contribution in [2.45, 2.75) is 35.6 Å². The summed E-state index contributed by atoms with van der Waals surface area (Å²) in [6, 6.07) is 6.29. The number of benzene rings is 1. The van der Waals surface area contributed by atoms with Gasteiger partial charge in [-0.3, -0.25) is 0 Å². The molecule has 1 aromatic carbocycles. The Balaban J connectivity index is 1.97. The lowest BCUT2D eigenvalue weighted by Gasteiger charge is -2.35. The van der Waals surface area contributed by atoms with Crippen LogP contribution in [0.1, 0.15) is 17.5 Å². The fourth-order valence-corrected chi connectivity index (χ4v) is 4.14. The molecule has 1 fully saturated rings. The molecule has 1 saturated heterocycles. The Bertz CT molecular complexity index is 420. The number of rotatable bonds is 0. The van der Waals surface area contributed by atoms with Gasteiger partial charge in [0, 0.05) is 11.5 Å². The first-order valence-electron chi connectivity index (χ1n) is 5.71. The normalized spacial score (nSPS) is 33.0. The molecule has 1 aromatic rings. The Morgan fingerprint density at radius 1 is 1.50 bits per heavy atom. The van der Waals surface area contributed by atoms with E-state index in [4.69, 9.17) is 4.74 Å². The highest BCUT2D eigenvalue weighted by Crippen LogP contribution is 2.51. The summed E-state index contributed by atoms with van der Waals surface area (Å²) in [5, 5.41) is 0. The first-order valence-corrected chi connectivity index (χ1v) is 6.52. The summed E-state index contributed by atoms with van der Waals surface area (Å²) < 4.78 is 19.1. The molecule has 0 bridgehead atoms. The first kappa shape index (κ1) is 10.6. The van der Waals surface area contributed by atoms with Gasteiger partial charge in [0.25, 0.3) is 0 Å². The third-order valence-electron chi connectivity index (χ3n) is 3.66. The maximum absolute atomic E-state index is 14.1. The van der Waals surface area contributed by atoms with Crippen LogP contribution in [0.4, 0.5) is 4.39 Å². The molecule has 0 aromatic heterocycles. The van der Waals surface area contributed by atoms with Gasteiger partial charge in [-0.05, 0) is 37.0 Å². The van der Waals surface area contributed by atoms with Crippen molar-refractivity contribution in [2.24, 2.45) is 0 Å². The maximum atomic E-state index is 14.1. The van der Waals surface area contributed by atoms with Gasteiger partial charge in [-0.15, -0.1) is 11.8 Å². The van der Waals surface area contributed by atoms with Gasteiger partial charge in [-0.2, -0.15) is 0 Å². The van der Waals surface area contributed by atoms with E-state index in [1.165, 1.54) is 16.0 Å². The molecule has 2 aliphatic heterocycles. The molecule has 86 valence electrons. The number of hydrogen-bond acceptors (Lipinski definition) is 2. The highest BCUT2D eigenvalue weighted by atomic mass is 32.2. The van der Waals surface area contributed by atoms with Gasteiger partial charge in [-0.1, -0.05) is 12.1 Å². The molecule has 2 unspecified atom stereocenters. The van der Waals surface area contributed by atoms with Crippen LogP contribution in [-0.2, 0) is 11.2 Å². The lowest BCUT2D eigenvalue weighted by Crippen LogP contribution is -2.44. The van der Waals surface area contributed by atoms with E-state index in [9.17, 15) is 4.39 Å². The second-order valence-electron chi connectivity index (χ2n) is 4.69. The maximum Gasteiger partial charge on any atom is 0.139 e. The van der Waals surface area contributed by atoms with Crippen molar-refractivity contribution in [1.82, 2.24) is 0 Å². The van der Waals surface area contributed by atoms with E-state index in [0.717, 1.165) is 12.8 Å². The number of alkyl halides is 1. The average Bonchev–Trinajstić information content (AvgIpc) is 2.64. The predicted octanol–water partition coefficient (Wildman–Crippen LogP) is 3.14. The second kappa shape index (κ2) is 3.74. The van der Waals surface area contributed by atoms with Gasteiger partial charge in [0.05, 0.1) is 11.4 Å². The molecule has 0 N–H and O–H groups in total. The Labute approximate surface area is 99.4 Å². The van der Waals surface area contributed by atoms with Crippen LogP contribution in [0, 0.1) is 6.92 Å². The molecule has 1 spiro atoms. The Morgan fingerprint density at radius 3 is 3.12 bits per heavy atom.